The third kappa shape index (κ3) is 2.93. The lowest BCUT2D eigenvalue weighted by Gasteiger charge is -2.24. The second-order valence-corrected chi connectivity index (χ2v) is 10.1. The molecule has 3 aliphatic rings. The molecule has 136 valence electrons. The molecule has 2 fully saturated rings. The van der Waals surface area contributed by atoms with Gasteiger partial charge in [-0.1, -0.05) is 15.9 Å². The SMILES string of the molecule is C[C@@H](C1CC1)N1Cc2cc(Br)cc(S(=O)(=O)N3CCC(O)C3)c2C1=O. The Balaban J connectivity index is 1.75. The van der Waals surface area contributed by atoms with Crippen LogP contribution in [0.5, 0.6) is 0 Å². The summed E-state index contributed by atoms with van der Waals surface area (Å²) in [6, 6.07) is 3.48. The molecule has 2 aliphatic heterocycles. The van der Waals surface area contributed by atoms with Crippen molar-refractivity contribution in [1.29, 1.82) is 0 Å². The lowest BCUT2D eigenvalue weighted by molar-refractivity contribution is 0.0694. The summed E-state index contributed by atoms with van der Waals surface area (Å²) < 4.78 is 28.1. The van der Waals surface area contributed by atoms with Gasteiger partial charge in [0.2, 0.25) is 10.0 Å². The Labute approximate surface area is 156 Å². The number of nitrogens with zero attached hydrogens (tertiary/aromatic N) is 2. The number of carbonyl (C=O) groups excluding carboxylic acids is 1. The summed E-state index contributed by atoms with van der Waals surface area (Å²) in [4.78, 5) is 14.9. The van der Waals surface area contributed by atoms with E-state index in [1.54, 1.807) is 4.90 Å². The minimum Gasteiger partial charge on any atom is -0.392 e. The molecule has 1 saturated heterocycles. The summed E-state index contributed by atoms with van der Waals surface area (Å²) in [5.74, 6) is 0.329. The van der Waals surface area contributed by atoms with E-state index in [2.05, 4.69) is 15.9 Å². The summed E-state index contributed by atoms with van der Waals surface area (Å²) in [5.41, 5.74) is 1.06. The first-order valence-electron chi connectivity index (χ1n) is 8.60. The van der Waals surface area contributed by atoms with Gasteiger partial charge >= 0.3 is 0 Å². The molecular formula is C17H21BrN2O4S. The van der Waals surface area contributed by atoms with Gasteiger partial charge in [-0.3, -0.25) is 4.79 Å². The zero-order valence-corrected chi connectivity index (χ0v) is 16.4. The summed E-state index contributed by atoms with van der Waals surface area (Å²) in [7, 11) is -3.81. The van der Waals surface area contributed by atoms with Crippen molar-refractivity contribution in [2.75, 3.05) is 13.1 Å². The molecule has 1 aromatic rings. The molecular weight excluding hydrogens is 408 g/mol. The molecule has 8 heteroatoms. The van der Waals surface area contributed by atoms with Crippen LogP contribution >= 0.6 is 15.9 Å². The highest BCUT2D eigenvalue weighted by Gasteiger charge is 2.43. The van der Waals surface area contributed by atoms with Crippen molar-refractivity contribution in [3.05, 3.63) is 27.7 Å². The van der Waals surface area contributed by atoms with Crippen LogP contribution in [0.3, 0.4) is 0 Å². The van der Waals surface area contributed by atoms with Crippen molar-refractivity contribution in [2.24, 2.45) is 5.92 Å². The molecule has 1 aromatic carbocycles. The Morgan fingerprint density at radius 3 is 2.60 bits per heavy atom. The third-order valence-corrected chi connectivity index (χ3v) is 7.85. The Morgan fingerprint density at radius 2 is 2.00 bits per heavy atom. The first-order chi connectivity index (χ1) is 11.8. The number of hydrogen-bond acceptors (Lipinski definition) is 4. The normalized spacial score (nSPS) is 25.5. The van der Waals surface area contributed by atoms with E-state index in [0.29, 0.717) is 28.9 Å². The minimum atomic E-state index is -3.81. The fraction of sp³-hybridized carbons (Fsp3) is 0.588. The molecule has 1 unspecified atom stereocenters. The monoisotopic (exact) mass is 428 g/mol. The molecule has 4 rings (SSSR count). The van der Waals surface area contributed by atoms with E-state index in [9.17, 15) is 18.3 Å². The maximum Gasteiger partial charge on any atom is 0.256 e. The van der Waals surface area contributed by atoms with Gasteiger partial charge in [-0.2, -0.15) is 4.31 Å². The molecule has 0 aromatic heterocycles. The average molecular weight is 429 g/mol. The first-order valence-corrected chi connectivity index (χ1v) is 10.8. The van der Waals surface area contributed by atoms with Crippen molar-refractivity contribution < 1.29 is 18.3 Å². The minimum absolute atomic E-state index is 0.0569. The molecule has 2 heterocycles. The van der Waals surface area contributed by atoms with Gasteiger partial charge in [0.25, 0.3) is 5.91 Å². The van der Waals surface area contributed by atoms with Crippen molar-refractivity contribution in [2.45, 2.75) is 49.8 Å². The number of aliphatic hydroxyl groups is 1. The van der Waals surface area contributed by atoms with Gasteiger partial charge in [-0.15, -0.1) is 0 Å². The van der Waals surface area contributed by atoms with E-state index in [1.807, 2.05) is 13.0 Å². The van der Waals surface area contributed by atoms with Gasteiger partial charge in [0.15, 0.2) is 0 Å². The van der Waals surface area contributed by atoms with E-state index in [1.165, 1.54) is 10.4 Å². The average Bonchev–Trinajstić information content (AvgIpc) is 3.23. The highest BCUT2D eigenvalue weighted by Crippen LogP contribution is 2.40. The smallest absolute Gasteiger partial charge is 0.256 e. The van der Waals surface area contributed by atoms with Crippen LogP contribution < -0.4 is 0 Å². The number of β-amino-alcohol motifs (C(OH)–C–C–N with tert-alkyl or cyclic N) is 1. The maximum atomic E-state index is 13.1. The quantitative estimate of drug-likeness (QED) is 0.794. The molecule has 0 radical (unpaired) electrons. The summed E-state index contributed by atoms with van der Waals surface area (Å²) in [6.07, 6.45) is 2.04. The number of sulfonamides is 1. The highest BCUT2D eigenvalue weighted by molar-refractivity contribution is 9.10. The number of aliphatic hydroxyl groups excluding tert-OH is 1. The van der Waals surface area contributed by atoms with E-state index in [-0.39, 0.29) is 29.9 Å². The van der Waals surface area contributed by atoms with Crippen LogP contribution in [-0.4, -0.2) is 53.9 Å². The van der Waals surface area contributed by atoms with Gasteiger partial charge in [-0.05, 0) is 49.8 Å². The Bertz CT molecular complexity index is 837. The third-order valence-electron chi connectivity index (χ3n) is 5.50. The van der Waals surface area contributed by atoms with Crippen LogP contribution in [0.25, 0.3) is 0 Å². The van der Waals surface area contributed by atoms with E-state index in [4.69, 9.17) is 0 Å². The molecule has 1 saturated carbocycles. The Morgan fingerprint density at radius 1 is 1.28 bits per heavy atom. The number of rotatable bonds is 4. The van der Waals surface area contributed by atoms with Crippen molar-refractivity contribution in [3.8, 4) is 0 Å². The molecule has 1 amide bonds. The Hall–Kier alpha value is -0.960. The molecule has 6 nitrogen and oxygen atoms in total. The summed E-state index contributed by atoms with van der Waals surface area (Å²) in [6.45, 7) is 2.86. The van der Waals surface area contributed by atoms with Crippen LogP contribution in [0.4, 0.5) is 0 Å². The van der Waals surface area contributed by atoms with Gasteiger partial charge in [0, 0.05) is 30.1 Å². The molecule has 0 spiro atoms. The second-order valence-electron chi connectivity index (χ2n) is 7.25. The number of amides is 1. The Kier molecular flexibility index (Phi) is 4.22. The number of hydrogen-bond donors (Lipinski definition) is 1. The number of halogens is 1. The fourth-order valence-corrected chi connectivity index (χ4v) is 6.24. The first kappa shape index (κ1) is 17.5. The largest absolute Gasteiger partial charge is 0.392 e. The number of fused-ring (bicyclic) bond motifs is 1. The zero-order valence-electron chi connectivity index (χ0n) is 14.0. The van der Waals surface area contributed by atoms with Crippen molar-refractivity contribution in [1.82, 2.24) is 9.21 Å². The number of carbonyl (C=O) groups is 1. The summed E-state index contributed by atoms with van der Waals surface area (Å²) in [5, 5.41) is 9.70. The van der Waals surface area contributed by atoms with Gasteiger partial charge in [-0.25, -0.2) is 8.42 Å². The van der Waals surface area contributed by atoms with Crippen LogP contribution in [0, 0.1) is 5.92 Å². The molecule has 0 bridgehead atoms. The summed E-state index contributed by atoms with van der Waals surface area (Å²) >= 11 is 3.38. The lowest BCUT2D eigenvalue weighted by Crippen LogP contribution is -2.35. The molecule has 2 atom stereocenters. The zero-order chi connectivity index (χ0) is 17.9. The van der Waals surface area contributed by atoms with Gasteiger partial charge in [0.05, 0.1) is 16.6 Å². The van der Waals surface area contributed by atoms with Crippen molar-refractivity contribution in [3.63, 3.8) is 0 Å². The predicted molar refractivity (Wildman–Crippen MR) is 95.6 cm³/mol. The molecule has 1 aliphatic carbocycles. The maximum absolute atomic E-state index is 13.1. The molecule has 25 heavy (non-hydrogen) atoms. The van der Waals surface area contributed by atoms with E-state index < -0.39 is 16.1 Å². The van der Waals surface area contributed by atoms with Crippen LogP contribution in [0.1, 0.15) is 42.1 Å². The van der Waals surface area contributed by atoms with Gasteiger partial charge in [0.1, 0.15) is 0 Å². The number of benzene rings is 1. The van der Waals surface area contributed by atoms with Crippen LogP contribution in [0.15, 0.2) is 21.5 Å². The molecule has 1 N–H and O–H groups in total. The van der Waals surface area contributed by atoms with Gasteiger partial charge < -0.3 is 10.0 Å². The highest BCUT2D eigenvalue weighted by atomic mass is 79.9. The standard InChI is InChI=1S/C17H21BrN2O4S/c1-10(11-2-3-11)20-8-12-6-13(18)7-15(16(12)17(20)22)25(23,24)19-5-4-14(21)9-19/h6-7,10-11,14,21H,2-5,8-9H2,1H3/t10-,14?/m0/s1. The fourth-order valence-electron chi connectivity index (χ4n) is 3.84. The van der Waals surface area contributed by atoms with Crippen LogP contribution in [0.2, 0.25) is 0 Å². The van der Waals surface area contributed by atoms with Crippen molar-refractivity contribution >= 4 is 31.9 Å². The topological polar surface area (TPSA) is 77.9 Å². The second kappa shape index (κ2) is 6.04. The lowest BCUT2D eigenvalue weighted by atomic mass is 10.1. The van der Waals surface area contributed by atoms with E-state index in [0.717, 1.165) is 18.4 Å². The predicted octanol–water partition coefficient (Wildman–Crippen LogP) is 1.96. The van der Waals surface area contributed by atoms with Crippen LogP contribution in [-0.2, 0) is 16.6 Å². The van der Waals surface area contributed by atoms with E-state index >= 15 is 0 Å².